The van der Waals surface area contributed by atoms with E-state index in [0.29, 0.717) is 5.41 Å². The monoisotopic (exact) mass is 276 g/mol. The van der Waals surface area contributed by atoms with Crippen molar-refractivity contribution in [1.82, 2.24) is 0 Å². The first-order valence-corrected chi connectivity index (χ1v) is 7.54. The van der Waals surface area contributed by atoms with Gasteiger partial charge in [-0.15, -0.1) is 0 Å². The fourth-order valence-corrected chi connectivity index (χ4v) is 2.18. The molecule has 0 unspecified atom stereocenters. The molecule has 0 bridgehead atoms. The van der Waals surface area contributed by atoms with E-state index in [1.165, 1.54) is 16.7 Å². The van der Waals surface area contributed by atoms with E-state index in [-0.39, 0.29) is 0 Å². The normalized spacial score (nSPS) is 11.6. The van der Waals surface area contributed by atoms with E-state index in [9.17, 15) is 0 Å². The predicted octanol–water partition coefficient (Wildman–Crippen LogP) is 6.11. The maximum atomic E-state index is 2.26. The molecule has 0 fully saturated rings. The molecule has 0 aliphatic rings. The Morgan fingerprint density at radius 1 is 0.810 bits per heavy atom. The van der Waals surface area contributed by atoms with Gasteiger partial charge in [0.15, 0.2) is 0 Å². The molecule has 2 aromatic rings. The van der Waals surface area contributed by atoms with Crippen LogP contribution in [0.5, 0.6) is 0 Å². The lowest BCUT2D eigenvalue weighted by atomic mass is 9.92. The highest BCUT2D eigenvalue weighted by Crippen LogP contribution is 2.24. The van der Waals surface area contributed by atoms with Crippen molar-refractivity contribution in [3.8, 4) is 0 Å². The lowest BCUT2D eigenvalue weighted by Crippen LogP contribution is -2.01. The summed E-state index contributed by atoms with van der Waals surface area (Å²) in [5.74, 6) is 0. The first-order valence-electron chi connectivity index (χ1n) is 7.54. The molecule has 0 aliphatic carbocycles. The second-order valence-electron chi connectivity index (χ2n) is 6.51. The number of hydrogen-bond acceptors (Lipinski definition) is 0. The summed E-state index contributed by atoms with van der Waals surface area (Å²) in [6.07, 6.45) is 7.74. The molecule has 0 saturated heterocycles. The molecule has 0 nitrogen and oxygen atoms in total. The van der Waals surface area contributed by atoms with Gasteiger partial charge in [-0.1, -0.05) is 99.7 Å². The Bertz CT molecular complexity index is 554. The number of benzene rings is 2. The Hall–Kier alpha value is -2.08. The fraction of sp³-hybridized carbons (Fsp3) is 0.238. The molecule has 0 spiro atoms. The van der Waals surface area contributed by atoms with E-state index in [0.717, 1.165) is 6.42 Å². The smallest absolute Gasteiger partial charge is 0.0112 e. The van der Waals surface area contributed by atoms with Gasteiger partial charge in [0.05, 0.1) is 0 Å². The molecule has 2 aromatic carbocycles. The summed E-state index contributed by atoms with van der Waals surface area (Å²) < 4.78 is 0. The molecule has 0 saturated carbocycles. The third-order valence-corrected chi connectivity index (χ3v) is 3.30. The summed E-state index contributed by atoms with van der Waals surface area (Å²) >= 11 is 0. The van der Waals surface area contributed by atoms with Crippen molar-refractivity contribution in [3.05, 3.63) is 90.0 Å². The van der Waals surface area contributed by atoms with Crippen molar-refractivity contribution in [3.63, 3.8) is 0 Å². The quantitative estimate of drug-likeness (QED) is 0.591. The number of allylic oxidation sites excluding steroid dienone is 3. The SMILES string of the molecule is CC(C)(C)CC=CC=C(c1ccccc1)c1ccccc1. The van der Waals surface area contributed by atoms with Gasteiger partial charge in [0.1, 0.15) is 0 Å². The van der Waals surface area contributed by atoms with Crippen molar-refractivity contribution < 1.29 is 0 Å². The number of rotatable bonds is 4. The van der Waals surface area contributed by atoms with Gasteiger partial charge in [-0.05, 0) is 28.5 Å². The van der Waals surface area contributed by atoms with Crippen molar-refractivity contribution in [1.29, 1.82) is 0 Å². The van der Waals surface area contributed by atoms with Gasteiger partial charge in [-0.2, -0.15) is 0 Å². The minimum Gasteiger partial charge on any atom is -0.0840 e. The maximum absolute atomic E-state index is 2.26. The minimum atomic E-state index is 0.337. The zero-order valence-corrected chi connectivity index (χ0v) is 13.2. The Morgan fingerprint density at radius 3 is 1.71 bits per heavy atom. The van der Waals surface area contributed by atoms with Crippen LogP contribution >= 0.6 is 0 Å². The highest BCUT2D eigenvalue weighted by molar-refractivity contribution is 5.80. The van der Waals surface area contributed by atoms with Crippen molar-refractivity contribution in [2.24, 2.45) is 5.41 Å². The molecular weight excluding hydrogens is 252 g/mol. The molecule has 0 aliphatic heterocycles. The first-order chi connectivity index (χ1) is 10.1. The largest absolute Gasteiger partial charge is 0.0840 e. The van der Waals surface area contributed by atoms with E-state index < -0.39 is 0 Å². The average Bonchev–Trinajstić information content (AvgIpc) is 2.48. The molecule has 0 heteroatoms. The van der Waals surface area contributed by atoms with Crippen LogP contribution in [-0.2, 0) is 0 Å². The van der Waals surface area contributed by atoms with E-state index in [1.807, 2.05) is 0 Å². The third-order valence-electron chi connectivity index (χ3n) is 3.30. The van der Waals surface area contributed by atoms with Gasteiger partial charge in [-0.3, -0.25) is 0 Å². The van der Waals surface area contributed by atoms with Crippen LogP contribution in [0.3, 0.4) is 0 Å². The molecule has 0 atom stereocenters. The summed E-state index contributed by atoms with van der Waals surface area (Å²) in [7, 11) is 0. The summed E-state index contributed by atoms with van der Waals surface area (Å²) in [5.41, 5.74) is 4.11. The molecule has 0 amide bonds. The molecule has 0 N–H and O–H groups in total. The van der Waals surface area contributed by atoms with Crippen LogP contribution in [0, 0.1) is 5.41 Å². The molecule has 0 radical (unpaired) electrons. The fourth-order valence-electron chi connectivity index (χ4n) is 2.18. The molecule has 2 rings (SSSR count). The van der Waals surface area contributed by atoms with Crippen LogP contribution in [0.2, 0.25) is 0 Å². The van der Waals surface area contributed by atoms with Crippen LogP contribution in [0.4, 0.5) is 0 Å². The standard InChI is InChI=1S/C21H24/c1-21(2,3)17-11-10-16-20(18-12-6-4-7-13-18)19-14-8-5-9-15-19/h4-16H,17H2,1-3H3. The zero-order valence-electron chi connectivity index (χ0n) is 13.2. The van der Waals surface area contributed by atoms with Gasteiger partial charge in [-0.25, -0.2) is 0 Å². The van der Waals surface area contributed by atoms with Crippen LogP contribution < -0.4 is 0 Å². The second-order valence-corrected chi connectivity index (χ2v) is 6.51. The summed E-state index contributed by atoms with van der Waals surface area (Å²) in [5, 5.41) is 0. The Morgan fingerprint density at radius 2 is 1.29 bits per heavy atom. The maximum Gasteiger partial charge on any atom is -0.0112 e. The van der Waals surface area contributed by atoms with Crippen LogP contribution in [0.25, 0.3) is 5.57 Å². The Labute approximate surface area is 128 Å². The molecule has 0 aromatic heterocycles. The minimum absolute atomic E-state index is 0.337. The zero-order chi connectivity index (χ0) is 15.1. The average molecular weight is 276 g/mol. The molecular formula is C21H24. The van der Waals surface area contributed by atoms with Crippen molar-refractivity contribution in [2.45, 2.75) is 27.2 Å². The summed E-state index contributed by atoms with van der Waals surface area (Å²) in [6.45, 7) is 6.78. The van der Waals surface area contributed by atoms with E-state index in [1.54, 1.807) is 0 Å². The predicted molar refractivity (Wildman–Crippen MR) is 93.2 cm³/mol. The Kier molecular flexibility index (Phi) is 5.16. The topological polar surface area (TPSA) is 0 Å². The van der Waals surface area contributed by atoms with Crippen LogP contribution in [-0.4, -0.2) is 0 Å². The Balaban J connectivity index is 2.29. The van der Waals surface area contributed by atoms with Crippen LogP contribution in [0.15, 0.2) is 78.9 Å². The van der Waals surface area contributed by atoms with Crippen molar-refractivity contribution >= 4 is 5.57 Å². The second kappa shape index (κ2) is 7.08. The lowest BCUT2D eigenvalue weighted by molar-refractivity contribution is 0.420. The van der Waals surface area contributed by atoms with Gasteiger partial charge in [0.2, 0.25) is 0 Å². The molecule has 108 valence electrons. The first kappa shape index (κ1) is 15.3. The van der Waals surface area contributed by atoms with Gasteiger partial charge < -0.3 is 0 Å². The molecule has 0 heterocycles. The van der Waals surface area contributed by atoms with Crippen molar-refractivity contribution in [2.75, 3.05) is 0 Å². The molecule has 21 heavy (non-hydrogen) atoms. The van der Waals surface area contributed by atoms with Crippen LogP contribution in [0.1, 0.15) is 38.3 Å². The van der Waals surface area contributed by atoms with E-state index >= 15 is 0 Å². The van der Waals surface area contributed by atoms with Gasteiger partial charge in [0.25, 0.3) is 0 Å². The lowest BCUT2D eigenvalue weighted by Gasteiger charge is -2.14. The van der Waals surface area contributed by atoms with E-state index in [2.05, 4.69) is 99.7 Å². The van der Waals surface area contributed by atoms with Gasteiger partial charge in [0, 0.05) is 0 Å². The van der Waals surface area contributed by atoms with Gasteiger partial charge >= 0.3 is 0 Å². The summed E-state index contributed by atoms with van der Waals surface area (Å²) in [4.78, 5) is 0. The third kappa shape index (κ3) is 5.07. The highest BCUT2D eigenvalue weighted by atomic mass is 14.1. The summed E-state index contributed by atoms with van der Waals surface area (Å²) in [6, 6.07) is 21.1. The highest BCUT2D eigenvalue weighted by Gasteiger charge is 2.06. The van der Waals surface area contributed by atoms with E-state index in [4.69, 9.17) is 0 Å². The number of hydrogen-bond donors (Lipinski definition) is 0.